The van der Waals surface area contributed by atoms with Crippen LogP contribution in [0.4, 0.5) is 0 Å². The Kier molecular flexibility index (Phi) is 5.37. The number of benzene rings is 1. The van der Waals surface area contributed by atoms with E-state index in [1.807, 2.05) is 13.0 Å². The van der Waals surface area contributed by atoms with Crippen molar-refractivity contribution in [2.24, 2.45) is 0 Å². The first-order chi connectivity index (χ1) is 11.4. The summed E-state index contributed by atoms with van der Waals surface area (Å²) in [6.07, 6.45) is 2.20. The number of carbonyl (C=O) groups excluding carboxylic acids is 1. The van der Waals surface area contributed by atoms with Crippen LogP contribution >= 0.6 is 35.0 Å². The highest BCUT2D eigenvalue weighted by atomic mass is 35.5. The van der Waals surface area contributed by atoms with Crippen molar-refractivity contribution in [1.82, 2.24) is 15.5 Å². The molecule has 8 heteroatoms. The van der Waals surface area contributed by atoms with Gasteiger partial charge < -0.3 is 9.73 Å². The van der Waals surface area contributed by atoms with Crippen molar-refractivity contribution in [3.63, 3.8) is 0 Å². The highest BCUT2D eigenvalue weighted by molar-refractivity contribution is 8.00. The maximum atomic E-state index is 12.4. The largest absolute Gasteiger partial charge is 0.416 e. The van der Waals surface area contributed by atoms with Gasteiger partial charge in [0.1, 0.15) is 0 Å². The number of nitrogens with one attached hydrogen (secondary N) is 1. The molecule has 1 heterocycles. The quantitative estimate of drug-likeness (QED) is 0.735. The minimum atomic E-state index is -0.356. The summed E-state index contributed by atoms with van der Waals surface area (Å²) in [5, 5.41) is 12.1. The lowest BCUT2D eigenvalue weighted by Crippen LogP contribution is -2.33. The first-order valence-corrected chi connectivity index (χ1v) is 9.33. The van der Waals surface area contributed by atoms with E-state index >= 15 is 0 Å². The van der Waals surface area contributed by atoms with E-state index in [0.717, 1.165) is 18.4 Å². The van der Waals surface area contributed by atoms with Gasteiger partial charge in [-0.3, -0.25) is 4.79 Å². The van der Waals surface area contributed by atoms with Gasteiger partial charge in [0.2, 0.25) is 11.8 Å². The predicted octanol–water partition coefficient (Wildman–Crippen LogP) is 4.61. The molecule has 1 saturated carbocycles. The Morgan fingerprint density at radius 3 is 2.75 bits per heavy atom. The third-order valence-electron chi connectivity index (χ3n) is 3.78. The molecular formula is C16H17Cl2N3O2S. The third-order valence-corrected chi connectivity index (χ3v) is 5.28. The molecule has 1 aromatic heterocycles. The summed E-state index contributed by atoms with van der Waals surface area (Å²) >= 11 is 13.3. The van der Waals surface area contributed by atoms with Gasteiger partial charge in [-0.25, -0.2) is 0 Å². The molecule has 1 aliphatic rings. The van der Waals surface area contributed by atoms with Crippen LogP contribution in [0, 0.1) is 0 Å². The molecule has 0 spiro atoms. The van der Waals surface area contributed by atoms with Crippen LogP contribution in [0.3, 0.4) is 0 Å². The normalized spacial score (nSPS) is 16.7. The number of aromatic nitrogens is 2. The standard InChI is InChI=1S/C16H17Cl2N3O2S/c1-8(12-6-5-11(17)7-13(12)18)19-14(22)9(2)24-16-21-20-15(23-16)10-3-4-10/h5-10H,3-4H2,1-2H3,(H,19,22)/t8-,9+/m0/s1. The number of hydrogen-bond donors (Lipinski definition) is 1. The highest BCUT2D eigenvalue weighted by Crippen LogP contribution is 2.40. The fraction of sp³-hybridized carbons (Fsp3) is 0.438. The summed E-state index contributed by atoms with van der Waals surface area (Å²) in [5.41, 5.74) is 0.820. The van der Waals surface area contributed by atoms with Crippen molar-refractivity contribution in [1.29, 1.82) is 0 Å². The molecule has 2 aromatic rings. The van der Waals surface area contributed by atoms with Crippen molar-refractivity contribution < 1.29 is 9.21 Å². The van der Waals surface area contributed by atoms with E-state index in [9.17, 15) is 4.79 Å². The van der Waals surface area contributed by atoms with E-state index in [1.165, 1.54) is 11.8 Å². The van der Waals surface area contributed by atoms with Crippen LogP contribution in [0.25, 0.3) is 0 Å². The molecule has 1 aliphatic carbocycles. The Hall–Kier alpha value is -1.24. The summed E-state index contributed by atoms with van der Waals surface area (Å²) in [6.45, 7) is 3.68. The van der Waals surface area contributed by atoms with E-state index < -0.39 is 0 Å². The van der Waals surface area contributed by atoms with Gasteiger partial charge in [0, 0.05) is 16.0 Å². The smallest absolute Gasteiger partial charge is 0.277 e. The molecule has 0 saturated heterocycles. The van der Waals surface area contributed by atoms with Crippen molar-refractivity contribution in [3.8, 4) is 0 Å². The van der Waals surface area contributed by atoms with Gasteiger partial charge in [0.25, 0.3) is 5.22 Å². The van der Waals surface area contributed by atoms with Gasteiger partial charge >= 0.3 is 0 Å². The fourth-order valence-electron chi connectivity index (χ4n) is 2.23. The molecule has 0 radical (unpaired) electrons. The van der Waals surface area contributed by atoms with E-state index in [-0.39, 0.29) is 17.2 Å². The molecule has 2 atom stereocenters. The first kappa shape index (κ1) is 17.6. The molecule has 24 heavy (non-hydrogen) atoms. The Balaban J connectivity index is 1.58. The predicted molar refractivity (Wildman–Crippen MR) is 94.6 cm³/mol. The second-order valence-corrected chi connectivity index (χ2v) is 7.97. The monoisotopic (exact) mass is 385 g/mol. The van der Waals surface area contributed by atoms with Gasteiger partial charge in [-0.2, -0.15) is 0 Å². The topological polar surface area (TPSA) is 68.0 Å². The van der Waals surface area contributed by atoms with Crippen molar-refractivity contribution in [2.75, 3.05) is 0 Å². The minimum Gasteiger partial charge on any atom is -0.416 e. The van der Waals surface area contributed by atoms with Crippen molar-refractivity contribution >= 4 is 40.9 Å². The summed E-state index contributed by atoms with van der Waals surface area (Å²) < 4.78 is 5.58. The van der Waals surface area contributed by atoms with Crippen LogP contribution in [-0.4, -0.2) is 21.4 Å². The molecule has 0 aliphatic heterocycles. The lowest BCUT2D eigenvalue weighted by Gasteiger charge is -2.18. The van der Waals surface area contributed by atoms with Crippen molar-refractivity contribution in [3.05, 3.63) is 39.7 Å². The number of halogens is 2. The lowest BCUT2D eigenvalue weighted by atomic mass is 10.1. The van der Waals surface area contributed by atoms with Crippen LogP contribution in [-0.2, 0) is 4.79 Å². The van der Waals surface area contributed by atoms with Crippen molar-refractivity contribution in [2.45, 2.75) is 49.1 Å². The van der Waals surface area contributed by atoms with Crippen LogP contribution < -0.4 is 5.32 Å². The summed E-state index contributed by atoms with van der Waals surface area (Å²) in [5.74, 6) is 0.958. The minimum absolute atomic E-state index is 0.121. The summed E-state index contributed by atoms with van der Waals surface area (Å²) in [4.78, 5) is 12.4. The zero-order chi connectivity index (χ0) is 17.3. The van der Waals surface area contributed by atoms with Crippen LogP contribution in [0.2, 0.25) is 10.0 Å². The second kappa shape index (κ2) is 7.33. The van der Waals surface area contributed by atoms with E-state index in [4.69, 9.17) is 27.6 Å². The van der Waals surface area contributed by atoms with Crippen LogP contribution in [0.5, 0.6) is 0 Å². The Labute approximate surface area is 154 Å². The average molecular weight is 386 g/mol. The average Bonchev–Trinajstić information content (AvgIpc) is 3.27. The molecular weight excluding hydrogens is 369 g/mol. The molecule has 0 unspecified atom stereocenters. The van der Waals surface area contributed by atoms with E-state index in [0.29, 0.717) is 27.1 Å². The van der Waals surface area contributed by atoms with Gasteiger partial charge in [-0.15, -0.1) is 10.2 Å². The van der Waals surface area contributed by atoms with Crippen LogP contribution in [0.15, 0.2) is 27.8 Å². The zero-order valence-electron chi connectivity index (χ0n) is 13.3. The van der Waals surface area contributed by atoms with E-state index in [2.05, 4.69) is 15.5 Å². The zero-order valence-corrected chi connectivity index (χ0v) is 15.6. The molecule has 0 bridgehead atoms. The maximum absolute atomic E-state index is 12.4. The molecule has 1 amide bonds. The number of carbonyl (C=O) groups is 1. The number of hydrogen-bond acceptors (Lipinski definition) is 5. The first-order valence-electron chi connectivity index (χ1n) is 7.69. The molecule has 1 aromatic carbocycles. The molecule has 128 valence electrons. The maximum Gasteiger partial charge on any atom is 0.277 e. The molecule has 1 N–H and O–H groups in total. The Morgan fingerprint density at radius 1 is 1.33 bits per heavy atom. The third kappa shape index (κ3) is 4.23. The van der Waals surface area contributed by atoms with Gasteiger partial charge in [-0.05, 0) is 44.4 Å². The summed E-state index contributed by atoms with van der Waals surface area (Å²) in [7, 11) is 0. The summed E-state index contributed by atoms with van der Waals surface area (Å²) in [6, 6.07) is 5.00. The number of nitrogens with zero attached hydrogens (tertiary/aromatic N) is 2. The van der Waals surface area contributed by atoms with Gasteiger partial charge in [0.05, 0.1) is 11.3 Å². The van der Waals surface area contributed by atoms with Gasteiger partial charge in [-0.1, -0.05) is 41.0 Å². The lowest BCUT2D eigenvalue weighted by molar-refractivity contribution is -0.120. The SMILES string of the molecule is C[C@H](NC(=O)[C@@H](C)Sc1nnc(C2CC2)o1)c1ccc(Cl)cc1Cl. The molecule has 3 rings (SSSR count). The Bertz CT molecular complexity index is 749. The van der Waals surface area contributed by atoms with Crippen LogP contribution in [0.1, 0.15) is 50.1 Å². The molecule has 1 fully saturated rings. The number of thioether (sulfide) groups is 1. The highest BCUT2D eigenvalue weighted by Gasteiger charge is 2.30. The van der Waals surface area contributed by atoms with E-state index in [1.54, 1.807) is 19.1 Å². The van der Waals surface area contributed by atoms with Gasteiger partial charge in [0.15, 0.2) is 0 Å². The molecule has 5 nitrogen and oxygen atoms in total. The number of amides is 1. The second-order valence-electron chi connectivity index (χ2n) is 5.84. The Morgan fingerprint density at radius 2 is 2.08 bits per heavy atom. The fourth-order valence-corrected chi connectivity index (χ4v) is 3.50. The number of rotatable bonds is 6.